The van der Waals surface area contributed by atoms with E-state index in [9.17, 15) is 13.2 Å². The molecule has 3 heterocycles. The average molecular weight is 512 g/mol. The molecule has 0 radical (unpaired) electrons. The number of aromatic nitrogens is 4. The molecule has 0 saturated heterocycles. The van der Waals surface area contributed by atoms with E-state index in [1.165, 1.54) is 0 Å². The summed E-state index contributed by atoms with van der Waals surface area (Å²) < 4.78 is 34.3. The van der Waals surface area contributed by atoms with E-state index >= 15 is 0 Å². The highest BCUT2D eigenvalue weighted by Gasteiger charge is 2.24. The van der Waals surface area contributed by atoms with Gasteiger partial charge in [-0.25, -0.2) is 4.52 Å². The van der Waals surface area contributed by atoms with Crippen molar-refractivity contribution in [3.63, 3.8) is 0 Å². The van der Waals surface area contributed by atoms with E-state index in [2.05, 4.69) is 26.6 Å². The van der Waals surface area contributed by atoms with Gasteiger partial charge in [0.15, 0.2) is 0 Å². The molecule has 0 unspecified atom stereocenters. The number of aryl methyl sites for hydroxylation is 1. The number of fused-ring (bicyclic) bond motifs is 1. The molecular weight excluding hydrogens is 482 g/mol. The molecular formula is C25H29N5O5S. The van der Waals surface area contributed by atoms with Crippen LogP contribution in [-0.2, 0) is 32.7 Å². The van der Waals surface area contributed by atoms with Crippen LogP contribution in [0.4, 0.5) is 0 Å². The van der Waals surface area contributed by atoms with Crippen LogP contribution in [0.15, 0.2) is 47.2 Å². The second kappa shape index (κ2) is 9.82. The van der Waals surface area contributed by atoms with Crippen molar-refractivity contribution in [2.45, 2.75) is 46.1 Å². The van der Waals surface area contributed by atoms with Gasteiger partial charge in [0.2, 0.25) is 5.89 Å². The number of amides is 1. The van der Waals surface area contributed by atoms with Gasteiger partial charge >= 0.3 is 0 Å². The van der Waals surface area contributed by atoms with E-state index in [4.69, 9.17) is 8.71 Å². The Morgan fingerprint density at radius 3 is 2.64 bits per heavy atom. The highest BCUT2D eigenvalue weighted by molar-refractivity contribution is 7.85. The van der Waals surface area contributed by atoms with Crippen LogP contribution in [0, 0.1) is 6.92 Å². The lowest BCUT2D eigenvalue weighted by Gasteiger charge is -2.11. The maximum Gasteiger partial charge on any atom is 0.292 e. The van der Waals surface area contributed by atoms with E-state index < -0.39 is 16.0 Å². The molecule has 10 nitrogen and oxygen atoms in total. The molecule has 0 bridgehead atoms. The van der Waals surface area contributed by atoms with E-state index in [-0.39, 0.29) is 17.8 Å². The molecule has 0 aliphatic carbocycles. The molecule has 0 aliphatic heterocycles. The minimum atomic E-state index is -3.48. The third-order valence-electron chi connectivity index (χ3n) is 5.62. The monoisotopic (exact) mass is 511 g/mol. The molecule has 4 rings (SSSR count). The van der Waals surface area contributed by atoms with Crippen LogP contribution < -0.4 is 5.32 Å². The number of benzene rings is 1. The van der Waals surface area contributed by atoms with E-state index in [1.54, 1.807) is 10.7 Å². The number of nitrogens with one attached hydrogen (secondary N) is 1. The van der Waals surface area contributed by atoms with Gasteiger partial charge in [-0.2, -0.15) is 18.5 Å². The molecule has 11 heteroatoms. The summed E-state index contributed by atoms with van der Waals surface area (Å²) in [6, 6.07) is 9.94. The fourth-order valence-corrected chi connectivity index (χ4v) is 4.08. The Morgan fingerprint density at radius 1 is 1.19 bits per heavy atom. The molecule has 0 aliphatic rings. The molecule has 1 amide bonds. The molecule has 1 N–H and O–H groups in total. The SMILES string of the molecule is Cc1cc(-c2ccnn3cc(CCOS(C)(=O)=O)cc23)ccc1CNC(=O)c1noc(C(C)(C)C)n1. The van der Waals surface area contributed by atoms with Crippen molar-refractivity contribution >= 4 is 21.5 Å². The van der Waals surface area contributed by atoms with Gasteiger partial charge in [-0.3, -0.25) is 8.98 Å². The first kappa shape index (κ1) is 25.5. The largest absolute Gasteiger partial charge is 0.345 e. The number of carbonyl (C=O) groups is 1. The standard InChI is InChI=1S/C25H29N5O5S/c1-16-12-18(6-7-19(16)14-26-23(31)22-28-24(35-29-22)25(2,3)4)20-8-10-27-30-15-17(13-21(20)30)9-11-34-36(5,32)33/h6-8,10,12-13,15H,9,11,14H2,1-5H3,(H,26,31). The number of rotatable bonds is 8. The van der Waals surface area contributed by atoms with Gasteiger partial charge in [0, 0.05) is 29.9 Å². The van der Waals surface area contributed by atoms with Gasteiger partial charge in [0.25, 0.3) is 21.8 Å². The quantitative estimate of drug-likeness (QED) is 0.356. The number of carbonyl (C=O) groups excluding carboxylic acids is 1. The Bertz CT molecular complexity index is 1520. The van der Waals surface area contributed by atoms with Gasteiger partial charge in [-0.15, -0.1) is 0 Å². The maximum absolute atomic E-state index is 12.5. The van der Waals surface area contributed by atoms with Crippen LogP contribution in [0.5, 0.6) is 0 Å². The Labute approximate surface area is 209 Å². The summed E-state index contributed by atoms with van der Waals surface area (Å²) in [5.41, 5.74) is 5.46. The lowest BCUT2D eigenvalue weighted by Crippen LogP contribution is -2.24. The lowest BCUT2D eigenvalue weighted by molar-refractivity contribution is 0.0937. The normalized spacial score (nSPS) is 12.2. The Balaban J connectivity index is 1.48. The molecule has 0 spiro atoms. The van der Waals surface area contributed by atoms with Crippen molar-refractivity contribution in [3.8, 4) is 11.1 Å². The number of hydrogen-bond acceptors (Lipinski definition) is 8. The minimum Gasteiger partial charge on any atom is -0.345 e. The fraction of sp³-hybridized carbons (Fsp3) is 0.360. The van der Waals surface area contributed by atoms with Gasteiger partial charge in [-0.05, 0) is 47.7 Å². The minimum absolute atomic E-state index is 0.0133. The summed E-state index contributed by atoms with van der Waals surface area (Å²) in [7, 11) is -3.48. The average Bonchev–Trinajstić information content (AvgIpc) is 3.44. The summed E-state index contributed by atoms with van der Waals surface area (Å²) in [6.07, 6.45) is 5.07. The van der Waals surface area contributed by atoms with Crippen LogP contribution in [-0.4, -0.2) is 46.9 Å². The molecule has 0 saturated carbocycles. The predicted octanol–water partition coefficient (Wildman–Crippen LogP) is 3.44. The van der Waals surface area contributed by atoms with Gasteiger partial charge in [0.1, 0.15) is 0 Å². The van der Waals surface area contributed by atoms with Crippen molar-refractivity contribution in [3.05, 3.63) is 71.1 Å². The maximum atomic E-state index is 12.5. The molecule has 1 aromatic carbocycles. The van der Waals surface area contributed by atoms with Crippen LogP contribution in [0.3, 0.4) is 0 Å². The number of hydrogen-bond donors (Lipinski definition) is 1. The highest BCUT2D eigenvalue weighted by Crippen LogP contribution is 2.27. The molecule has 190 valence electrons. The fourth-order valence-electron chi connectivity index (χ4n) is 3.70. The molecule has 3 aromatic heterocycles. The van der Waals surface area contributed by atoms with Crippen LogP contribution >= 0.6 is 0 Å². The second-order valence-corrected chi connectivity index (χ2v) is 11.3. The summed E-state index contributed by atoms with van der Waals surface area (Å²) in [4.78, 5) is 16.7. The molecule has 0 fully saturated rings. The van der Waals surface area contributed by atoms with Crippen molar-refractivity contribution < 1.29 is 21.9 Å². The summed E-state index contributed by atoms with van der Waals surface area (Å²) in [5, 5.41) is 11.0. The Morgan fingerprint density at radius 2 is 1.97 bits per heavy atom. The van der Waals surface area contributed by atoms with Crippen LogP contribution in [0.1, 0.15) is 54.0 Å². The third kappa shape index (κ3) is 5.97. The van der Waals surface area contributed by atoms with Crippen LogP contribution in [0.25, 0.3) is 16.6 Å². The topological polar surface area (TPSA) is 129 Å². The first-order valence-electron chi connectivity index (χ1n) is 11.4. The first-order valence-corrected chi connectivity index (χ1v) is 13.3. The number of nitrogens with zero attached hydrogens (tertiary/aromatic N) is 4. The van der Waals surface area contributed by atoms with E-state index in [0.717, 1.165) is 39.6 Å². The summed E-state index contributed by atoms with van der Waals surface area (Å²) in [5.74, 6) is 0.0294. The summed E-state index contributed by atoms with van der Waals surface area (Å²) >= 11 is 0. The first-order chi connectivity index (χ1) is 16.9. The van der Waals surface area contributed by atoms with E-state index in [1.807, 2.05) is 58.2 Å². The highest BCUT2D eigenvalue weighted by atomic mass is 32.2. The Kier molecular flexibility index (Phi) is 6.96. The Hall–Kier alpha value is -3.57. The molecule has 4 aromatic rings. The lowest BCUT2D eigenvalue weighted by atomic mass is 9.97. The summed E-state index contributed by atoms with van der Waals surface area (Å²) in [6.45, 7) is 8.20. The van der Waals surface area contributed by atoms with Gasteiger partial charge < -0.3 is 9.84 Å². The van der Waals surface area contributed by atoms with E-state index in [0.29, 0.717) is 18.9 Å². The third-order valence-corrected chi connectivity index (χ3v) is 6.21. The smallest absolute Gasteiger partial charge is 0.292 e. The second-order valence-electron chi connectivity index (χ2n) is 9.70. The molecule has 0 atom stereocenters. The molecule has 36 heavy (non-hydrogen) atoms. The van der Waals surface area contributed by atoms with Crippen molar-refractivity contribution in [2.24, 2.45) is 0 Å². The zero-order valence-corrected chi connectivity index (χ0v) is 21.7. The van der Waals surface area contributed by atoms with Crippen LogP contribution in [0.2, 0.25) is 0 Å². The predicted molar refractivity (Wildman–Crippen MR) is 134 cm³/mol. The van der Waals surface area contributed by atoms with Gasteiger partial charge in [0.05, 0.1) is 18.4 Å². The zero-order chi connectivity index (χ0) is 26.1. The van der Waals surface area contributed by atoms with Crippen molar-refractivity contribution in [2.75, 3.05) is 12.9 Å². The van der Waals surface area contributed by atoms with Crippen molar-refractivity contribution in [1.82, 2.24) is 25.1 Å². The van der Waals surface area contributed by atoms with Gasteiger partial charge in [-0.1, -0.05) is 44.1 Å². The zero-order valence-electron chi connectivity index (χ0n) is 20.9. The van der Waals surface area contributed by atoms with Crippen molar-refractivity contribution in [1.29, 1.82) is 0 Å².